The van der Waals surface area contributed by atoms with Crippen molar-refractivity contribution in [3.8, 4) is 5.75 Å². The van der Waals surface area contributed by atoms with E-state index in [1.807, 2.05) is 19.1 Å². The molecule has 0 bridgehead atoms. The first-order valence-electron chi connectivity index (χ1n) is 6.60. The van der Waals surface area contributed by atoms with Crippen LogP contribution in [0.4, 0.5) is 5.69 Å². The molecular weight excluding hydrogens is 244 g/mol. The zero-order valence-electron chi connectivity index (χ0n) is 11.4. The van der Waals surface area contributed by atoms with Crippen LogP contribution in [0.25, 0.3) is 0 Å². The summed E-state index contributed by atoms with van der Waals surface area (Å²) in [5, 5.41) is 19.2. The lowest BCUT2D eigenvalue weighted by Crippen LogP contribution is -2.49. The Kier molecular flexibility index (Phi) is 4.29. The molecule has 19 heavy (non-hydrogen) atoms. The minimum atomic E-state index is -0.193. The molecule has 0 aliphatic carbocycles. The third kappa shape index (κ3) is 3.00. The highest BCUT2D eigenvalue weighted by Crippen LogP contribution is 2.30. The fourth-order valence-electron chi connectivity index (χ4n) is 2.38. The number of aliphatic hydroxyl groups excluding tert-OH is 1. The largest absolute Gasteiger partial charge is 0.508 e. The van der Waals surface area contributed by atoms with E-state index in [0.29, 0.717) is 13.2 Å². The summed E-state index contributed by atoms with van der Waals surface area (Å²) in [6.45, 7) is 5.10. The molecular formula is C14H22N2O3. The van der Waals surface area contributed by atoms with Gasteiger partial charge in [-0.25, -0.2) is 0 Å². The van der Waals surface area contributed by atoms with Crippen LogP contribution in [0.15, 0.2) is 18.2 Å². The number of rotatable bonds is 3. The maximum absolute atomic E-state index is 10.0. The summed E-state index contributed by atoms with van der Waals surface area (Å²) in [6.07, 6.45) is -0.175. The van der Waals surface area contributed by atoms with Crippen molar-refractivity contribution in [2.45, 2.75) is 32.0 Å². The van der Waals surface area contributed by atoms with Gasteiger partial charge < -0.3 is 25.6 Å². The molecule has 1 heterocycles. The lowest BCUT2D eigenvalue weighted by atomic mass is 10.1. The highest BCUT2D eigenvalue weighted by atomic mass is 16.5. The summed E-state index contributed by atoms with van der Waals surface area (Å²) >= 11 is 0. The quantitative estimate of drug-likeness (QED) is 0.760. The standard InChI is InChI=1S/C14H22N2O3/c1-9-8-19-12(7-17)6-16(9)11-3-4-13(10(2)15)14(18)5-11/h3-5,9-10,12,17-18H,6-8,15H2,1-2H3. The van der Waals surface area contributed by atoms with Crippen molar-refractivity contribution in [2.75, 3.05) is 24.7 Å². The number of phenolic OH excluding ortho intramolecular Hbond substituents is 1. The van der Waals surface area contributed by atoms with Crippen LogP contribution in [0.1, 0.15) is 25.5 Å². The van der Waals surface area contributed by atoms with Gasteiger partial charge in [-0.05, 0) is 19.9 Å². The second-order valence-electron chi connectivity index (χ2n) is 5.17. The second-order valence-corrected chi connectivity index (χ2v) is 5.17. The van der Waals surface area contributed by atoms with Crippen LogP contribution < -0.4 is 10.6 Å². The number of nitrogens with zero attached hydrogens (tertiary/aromatic N) is 1. The Morgan fingerprint density at radius 3 is 2.84 bits per heavy atom. The SMILES string of the molecule is CC(N)c1ccc(N2CC(CO)OCC2C)cc1O. The average molecular weight is 266 g/mol. The number of morpholine rings is 1. The molecule has 2 rings (SSSR count). The van der Waals surface area contributed by atoms with Crippen LogP contribution in [-0.2, 0) is 4.74 Å². The average Bonchev–Trinajstić information content (AvgIpc) is 2.38. The minimum absolute atomic E-state index is 0.00706. The number of hydrogen-bond acceptors (Lipinski definition) is 5. The molecule has 5 nitrogen and oxygen atoms in total. The van der Waals surface area contributed by atoms with Crippen LogP contribution in [0.3, 0.4) is 0 Å². The number of anilines is 1. The normalized spacial score (nSPS) is 25.4. The monoisotopic (exact) mass is 266 g/mol. The molecule has 1 aliphatic heterocycles. The van der Waals surface area contributed by atoms with Crippen molar-refractivity contribution in [1.82, 2.24) is 0 Å². The van der Waals surface area contributed by atoms with E-state index >= 15 is 0 Å². The topological polar surface area (TPSA) is 79.0 Å². The Morgan fingerprint density at radius 1 is 1.53 bits per heavy atom. The van der Waals surface area contributed by atoms with Gasteiger partial charge in [0.05, 0.1) is 19.3 Å². The number of aliphatic hydroxyl groups is 1. The molecule has 1 fully saturated rings. The summed E-state index contributed by atoms with van der Waals surface area (Å²) in [5.74, 6) is 0.215. The molecule has 0 radical (unpaired) electrons. The molecule has 4 N–H and O–H groups in total. The van der Waals surface area contributed by atoms with Crippen LogP contribution in [0.5, 0.6) is 5.75 Å². The molecule has 1 aromatic rings. The number of nitrogens with two attached hydrogens (primary N) is 1. The van der Waals surface area contributed by atoms with Gasteiger partial charge in [-0.15, -0.1) is 0 Å². The van der Waals surface area contributed by atoms with Crippen molar-refractivity contribution in [2.24, 2.45) is 5.73 Å². The molecule has 0 spiro atoms. The van der Waals surface area contributed by atoms with Gasteiger partial charge in [0.15, 0.2) is 0 Å². The van der Waals surface area contributed by atoms with Crippen molar-refractivity contribution >= 4 is 5.69 Å². The molecule has 1 saturated heterocycles. The number of phenols is 1. The van der Waals surface area contributed by atoms with Crippen molar-refractivity contribution in [3.05, 3.63) is 23.8 Å². The van der Waals surface area contributed by atoms with Gasteiger partial charge in [-0.2, -0.15) is 0 Å². The molecule has 1 aliphatic rings. The summed E-state index contributed by atoms with van der Waals surface area (Å²) in [5.41, 5.74) is 7.45. The zero-order chi connectivity index (χ0) is 14.0. The number of hydrogen-bond donors (Lipinski definition) is 3. The van der Waals surface area contributed by atoms with Gasteiger partial charge in [0.1, 0.15) is 5.75 Å². The highest BCUT2D eigenvalue weighted by Gasteiger charge is 2.26. The van der Waals surface area contributed by atoms with E-state index in [9.17, 15) is 10.2 Å². The smallest absolute Gasteiger partial charge is 0.122 e. The zero-order valence-corrected chi connectivity index (χ0v) is 11.4. The first-order chi connectivity index (χ1) is 9.02. The lowest BCUT2D eigenvalue weighted by molar-refractivity contribution is -0.0103. The number of aromatic hydroxyl groups is 1. The summed E-state index contributed by atoms with van der Waals surface area (Å²) < 4.78 is 5.51. The van der Waals surface area contributed by atoms with Gasteiger partial charge in [-0.3, -0.25) is 0 Å². The minimum Gasteiger partial charge on any atom is -0.508 e. The molecule has 0 saturated carbocycles. The van der Waals surface area contributed by atoms with Crippen LogP contribution in [0.2, 0.25) is 0 Å². The van der Waals surface area contributed by atoms with E-state index in [-0.39, 0.29) is 30.5 Å². The Labute approximate surface area is 113 Å². The number of benzene rings is 1. The fourth-order valence-corrected chi connectivity index (χ4v) is 2.38. The summed E-state index contributed by atoms with van der Waals surface area (Å²) in [4.78, 5) is 2.13. The Morgan fingerprint density at radius 2 is 2.26 bits per heavy atom. The summed E-state index contributed by atoms with van der Waals surface area (Å²) in [6, 6.07) is 5.56. The van der Waals surface area contributed by atoms with Crippen molar-refractivity contribution in [1.29, 1.82) is 0 Å². The van der Waals surface area contributed by atoms with Gasteiger partial charge in [0.2, 0.25) is 0 Å². The predicted molar refractivity (Wildman–Crippen MR) is 74.3 cm³/mol. The maximum atomic E-state index is 10.0. The first-order valence-corrected chi connectivity index (χ1v) is 6.60. The molecule has 5 heteroatoms. The fraction of sp³-hybridized carbons (Fsp3) is 0.571. The second kappa shape index (κ2) is 5.77. The third-order valence-corrected chi connectivity index (χ3v) is 3.55. The van der Waals surface area contributed by atoms with E-state index in [0.717, 1.165) is 11.3 Å². The summed E-state index contributed by atoms with van der Waals surface area (Å²) in [7, 11) is 0. The Hall–Kier alpha value is -1.30. The van der Waals surface area contributed by atoms with E-state index < -0.39 is 0 Å². The molecule has 3 atom stereocenters. The van der Waals surface area contributed by atoms with E-state index in [1.165, 1.54) is 0 Å². The molecule has 0 aromatic heterocycles. The third-order valence-electron chi connectivity index (χ3n) is 3.55. The van der Waals surface area contributed by atoms with E-state index in [2.05, 4.69) is 11.8 Å². The molecule has 106 valence electrons. The molecule has 1 aromatic carbocycles. The van der Waals surface area contributed by atoms with Gasteiger partial charge in [0, 0.05) is 35.9 Å². The lowest BCUT2D eigenvalue weighted by Gasteiger charge is -2.39. The number of ether oxygens (including phenoxy) is 1. The van der Waals surface area contributed by atoms with Gasteiger partial charge in [0.25, 0.3) is 0 Å². The Balaban J connectivity index is 2.23. The maximum Gasteiger partial charge on any atom is 0.122 e. The highest BCUT2D eigenvalue weighted by molar-refractivity contribution is 5.55. The van der Waals surface area contributed by atoms with Crippen molar-refractivity contribution < 1.29 is 14.9 Å². The Bertz CT molecular complexity index is 437. The van der Waals surface area contributed by atoms with Crippen LogP contribution in [-0.4, -0.2) is 42.1 Å². The molecule has 0 amide bonds. The van der Waals surface area contributed by atoms with Gasteiger partial charge >= 0.3 is 0 Å². The van der Waals surface area contributed by atoms with Crippen LogP contribution in [0, 0.1) is 0 Å². The molecule has 3 unspecified atom stereocenters. The van der Waals surface area contributed by atoms with Gasteiger partial charge in [-0.1, -0.05) is 6.07 Å². The van der Waals surface area contributed by atoms with Crippen molar-refractivity contribution in [3.63, 3.8) is 0 Å². The first kappa shape index (κ1) is 14.1. The predicted octanol–water partition coefficient (Wildman–Crippen LogP) is 0.998. The van der Waals surface area contributed by atoms with E-state index in [4.69, 9.17) is 10.5 Å². The van der Waals surface area contributed by atoms with Crippen LogP contribution >= 0.6 is 0 Å². The van der Waals surface area contributed by atoms with E-state index in [1.54, 1.807) is 6.07 Å².